The highest BCUT2D eigenvalue weighted by atomic mass is 32.2. The topological polar surface area (TPSA) is 49.5 Å². The van der Waals surface area contributed by atoms with Gasteiger partial charge in [-0.3, -0.25) is 0 Å². The summed E-state index contributed by atoms with van der Waals surface area (Å²) in [7, 11) is 0. The molecule has 3 N–H and O–H groups in total. The van der Waals surface area contributed by atoms with E-state index in [9.17, 15) is 5.11 Å². The van der Waals surface area contributed by atoms with Gasteiger partial charge in [-0.05, 0) is 60.5 Å². The van der Waals surface area contributed by atoms with Gasteiger partial charge in [-0.25, -0.2) is 4.31 Å². The quantitative estimate of drug-likeness (QED) is 0.665. The highest BCUT2D eigenvalue weighted by Crippen LogP contribution is 2.25. The van der Waals surface area contributed by atoms with Gasteiger partial charge in [0, 0.05) is 24.0 Å². The molecule has 2 aromatic carbocycles. The lowest BCUT2D eigenvalue weighted by molar-refractivity contribution is 0.384. The fourth-order valence-electron chi connectivity index (χ4n) is 2.57. The first-order valence-electron chi connectivity index (χ1n) is 8.54. The van der Waals surface area contributed by atoms with E-state index in [1.165, 1.54) is 5.56 Å². The van der Waals surface area contributed by atoms with E-state index >= 15 is 0 Å². The summed E-state index contributed by atoms with van der Waals surface area (Å²) >= 11 is 1.74. The van der Waals surface area contributed by atoms with Gasteiger partial charge < -0.3 is 10.8 Å². The zero-order chi connectivity index (χ0) is 17.4. The Morgan fingerprint density at radius 2 is 1.71 bits per heavy atom. The molecule has 0 fully saturated rings. The van der Waals surface area contributed by atoms with Crippen LogP contribution in [0.3, 0.4) is 0 Å². The molecule has 3 nitrogen and oxygen atoms in total. The number of hydrogen-bond donors (Lipinski definition) is 2. The van der Waals surface area contributed by atoms with Gasteiger partial charge >= 0.3 is 0 Å². The van der Waals surface area contributed by atoms with Crippen molar-refractivity contribution in [2.75, 3.05) is 13.1 Å². The Bertz CT molecular complexity index is 586. The summed E-state index contributed by atoms with van der Waals surface area (Å²) in [6, 6.07) is 18.0. The Labute approximate surface area is 150 Å². The molecular formula is C20H28N2OS. The van der Waals surface area contributed by atoms with Gasteiger partial charge in [0.05, 0.1) is 0 Å². The van der Waals surface area contributed by atoms with Crippen LogP contribution in [-0.4, -0.2) is 28.5 Å². The maximum atomic E-state index is 9.41. The van der Waals surface area contributed by atoms with Crippen molar-refractivity contribution in [2.45, 2.75) is 37.6 Å². The van der Waals surface area contributed by atoms with Crippen molar-refractivity contribution in [1.29, 1.82) is 0 Å². The summed E-state index contributed by atoms with van der Waals surface area (Å²) in [5, 5.41) is 9.41. The Kier molecular flexibility index (Phi) is 7.63. The average molecular weight is 345 g/mol. The number of nitrogens with zero attached hydrogens (tertiary/aromatic N) is 1. The van der Waals surface area contributed by atoms with E-state index < -0.39 is 0 Å². The zero-order valence-corrected chi connectivity index (χ0v) is 15.4. The lowest BCUT2D eigenvalue weighted by Crippen LogP contribution is -2.30. The second kappa shape index (κ2) is 9.72. The van der Waals surface area contributed by atoms with Gasteiger partial charge in [0.1, 0.15) is 5.75 Å². The molecule has 0 heterocycles. The van der Waals surface area contributed by atoms with Gasteiger partial charge in [0.15, 0.2) is 0 Å². The molecule has 0 radical (unpaired) electrons. The molecule has 2 rings (SSSR count). The van der Waals surface area contributed by atoms with Crippen LogP contribution in [-0.2, 0) is 6.42 Å². The number of phenolic OH excluding ortho intramolecular Hbond substituents is 1. The molecule has 0 amide bonds. The molecule has 0 aliphatic heterocycles. The van der Waals surface area contributed by atoms with Gasteiger partial charge in [-0.2, -0.15) is 0 Å². The number of hydrogen-bond acceptors (Lipinski definition) is 4. The molecule has 4 heteroatoms. The molecule has 0 unspecified atom stereocenters. The number of benzene rings is 2. The molecular weight excluding hydrogens is 316 g/mol. The highest BCUT2D eigenvalue weighted by molar-refractivity contribution is 7.97. The largest absolute Gasteiger partial charge is 0.508 e. The summed E-state index contributed by atoms with van der Waals surface area (Å²) in [4.78, 5) is 1.14. The minimum absolute atomic E-state index is 0.169. The summed E-state index contributed by atoms with van der Waals surface area (Å²) in [6.07, 6.45) is 1.88. The van der Waals surface area contributed by atoms with E-state index in [1.807, 2.05) is 18.2 Å². The molecule has 0 aliphatic rings. The SMILES string of the molecule is CC(C)CN(CC[C@@H](N)Cc1ccccc1)Sc1ccc(O)cc1. The first-order valence-corrected chi connectivity index (χ1v) is 9.31. The summed E-state index contributed by atoms with van der Waals surface area (Å²) in [6.45, 7) is 6.43. The van der Waals surface area contributed by atoms with E-state index in [4.69, 9.17) is 5.73 Å². The van der Waals surface area contributed by atoms with Crippen LogP contribution in [0.15, 0.2) is 59.5 Å². The maximum absolute atomic E-state index is 9.41. The number of phenols is 1. The van der Waals surface area contributed by atoms with Crippen LogP contribution in [0.25, 0.3) is 0 Å². The van der Waals surface area contributed by atoms with E-state index in [2.05, 4.69) is 42.4 Å². The van der Waals surface area contributed by atoms with Crippen LogP contribution in [0.5, 0.6) is 5.75 Å². The van der Waals surface area contributed by atoms with Crippen molar-refractivity contribution in [3.63, 3.8) is 0 Å². The van der Waals surface area contributed by atoms with Crippen molar-refractivity contribution >= 4 is 11.9 Å². The predicted octanol–water partition coefficient (Wildman–Crippen LogP) is 4.32. The third-order valence-electron chi connectivity index (χ3n) is 3.73. The van der Waals surface area contributed by atoms with Crippen molar-refractivity contribution in [1.82, 2.24) is 4.31 Å². The fraction of sp³-hybridized carbons (Fsp3) is 0.400. The molecule has 0 aromatic heterocycles. The second-order valence-corrected chi connectivity index (χ2v) is 7.78. The van der Waals surface area contributed by atoms with Gasteiger partial charge in [-0.15, -0.1) is 0 Å². The Morgan fingerprint density at radius 3 is 2.33 bits per heavy atom. The third-order valence-corrected chi connectivity index (χ3v) is 4.80. The standard InChI is InChI=1S/C20H28N2OS/c1-16(2)15-22(24-20-10-8-19(23)9-11-20)13-12-18(21)14-17-6-4-3-5-7-17/h3-11,16,18,23H,12-15,21H2,1-2H3/t18-/m1/s1. The lowest BCUT2D eigenvalue weighted by atomic mass is 10.0. The maximum Gasteiger partial charge on any atom is 0.115 e. The average Bonchev–Trinajstić information content (AvgIpc) is 2.55. The molecule has 1 atom stereocenters. The molecule has 24 heavy (non-hydrogen) atoms. The number of rotatable bonds is 9. The predicted molar refractivity (Wildman–Crippen MR) is 103 cm³/mol. The number of aromatic hydroxyl groups is 1. The molecule has 0 saturated heterocycles. The Morgan fingerprint density at radius 1 is 1.04 bits per heavy atom. The fourth-order valence-corrected chi connectivity index (χ4v) is 3.69. The second-order valence-electron chi connectivity index (χ2n) is 6.61. The van der Waals surface area contributed by atoms with E-state index in [0.717, 1.165) is 30.8 Å². The van der Waals surface area contributed by atoms with E-state index in [1.54, 1.807) is 24.1 Å². The minimum Gasteiger partial charge on any atom is -0.508 e. The van der Waals surface area contributed by atoms with E-state index in [-0.39, 0.29) is 6.04 Å². The van der Waals surface area contributed by atoms with Crippen LogP contribution < -0.4 is 5.73 Å². The van der Waals surface area contributed by atoms with E-state index in [0.29, 0.717) is 11.7 Å². The van der Waals surface area contributed by atoms with Crippen LogP contribution in [0.1, 0.15) is 25.8 Å². The Balaban J connectivity index is 1.87. The first-order chi connectivity index (χ1) is 11.5. The molecule has 0 aliphatic carbocycles. The monoisotopic (exact) mass is 344 g/mol. The van der Waals surface area contributed by atoms with Crippen LogP contribution in [0.4, 0.5) is 0 Å². The molecule has 0 spiro atoms. The van der Waals surface area contributed by atoms with Crippen molar-refractivity contribution in [2.24, 2.45) is 11.7 Å². The van der Waals surface area contributed by atoms with Gasteiger partial charge in [0.25, 0.3) is 0 Å². The van der Waals surface area contributed by atoms with Crippen molar-refractivity contribution in [3.8, 4) is 5.75 Å². The van der Waals surface area contributed by atoms with Crippen LogP contribution in [0, 0.1) is 5.92 Å². The van der Waals surface area contributed by atoms with Crippen molar-refractivity contribution < 1.29 is 5.11 Å². The van der Waals surface area contributed by atoms with Crippen LogP contribution in [0.2, 0.25) is 0 Å². The third kappa shape index (κ3) is 6.95. The van der Waals surface area contributed by atoms with Crippen molar-refractivity contribution in [3.05, 3.63) is 60.2 Å². The summed E-state index contributed by atoms with van der Waals surface area (Å²) in [5.74, 6) is 0.902. The normalized spacial score (nSPS) is 12.7. The van der Waals surface area contributed by atoms with Gasteiger partial charge in [-0.1, -0.05) is 44.2 Å². The first kappa shape index (κ1) is 18.8. The smallest absolute Gasteiger partial charge is 0.115 e. The lowest BCUT2D eigenvalue weighted by Gasteiger charge is -2.24. The minimum atomic E-state index is 0.169. The highest BCUT2D eigenvalue weighted by Gasteiger charge is 2.12. The summed E-state index contributed by atoms with van der Waals surface area (Å²) in [5.41, 5.74) is 7.63. The molecule has 2 aromatic rings. The molecule has 130 valence electrons. The number of nitrogens with two attached hydrogens (primary N) is 1. The van der Waals surface area contributed by atoms with Gasteiger partial charge in [0.2, 0.25) is 0 Å². The molecule has 0 bridgehead atoms. The van der Waals surface area contributed by atoms with Crippen LogP contribution >= 0.6 is 11.9 Å². The summed E-state index contributed by atoms with van der Waals surface area (Å²) < 4.78 is 2.38. The Hall–Kier alpha value is -1.49. The molecule has 0 saturated carbocycles. The zero-order valence-electron chi connectivity index (χ0n) is 14.6.